The van der Waals surface area contributed by atoms with E-state index in [9.17, 15) is 4.79 Å². The van der Waals surface area contributed by atoms with Gasteiger partial charge < -0.3 is 19.4 Å². The third-order valence-corrected chi connectivity index (χ3v) is 4.05. The van der Waals surface area contributed by atoms with Crippen molar-refractivity contribution in [2.24, 2.45) is 7.05 Å². The Kier molecular flexibility index (Phi) is 4.76. The molecule has 3 aromatic rings. The van der Waals surface area contributed by atoms with Gasteiger partial charge in [-0.15, -0.1) is 0 Å². The molecule has 0 saturated heterocycles. The molecule has 0 atom stereocenters. The predicted octanol–water partition coefficient (Wildman–Crippen LogP) is 3.55. The van der Waals surface area contributed by atoms with Gasteiger partial charge in [0.05, 0.1) is 24.3 Å². The molecule has 2 aromatic heterocycles. The van der Waals surface area contributed by atoms with Crippen molar-refractivity contribution in [2.75, 3.05) is 19.0 Å². The molecule has 0 unspecified atom stereocenters. The number of fused-ring (bicyclic) bond motifs is 1. The Labute approximate surface area is 149 Å². The zero-order chi connectivity index (χ0) is 18.0. The van der Waals surface area contributed by atoms with Gasteiger partial charge in [-0.1, -0.05) is 11.6 Å². The smallest absolute Gasteiger partial charge is 0.354 e. The summed E-state index contributed by atoms with van der Waals surface area (Å²) in [4.78, 5) is 20.3. The van der Waals surface area contributed by atoms with Crippen molar-refractivity contribution in [3.63, 3.8) is 0 Å². The summed E-state index contributed by atoms with van der Waals surface area (Å²) in [6, 6.07) is 7.02. The highest BCUT2D eigenvalue weighted by atomic mass is 35.5. The van der Waals surface area contributed by atoms with E-state index in [0.29, 0.717) is 29.0 Å². The lowest BCUT2D eigenvalue weighted by atomic mass is 10.2. The van der Waals surface area contributed by atoms with Gasteiger partial charge >= 0.3 is 5.97 Å². The standard InChI is InChI=1S/C17H17ClN4O3/c1-4-25-17(23)13-7-10-12(6-5-11(18)16(10)22(13)2)21-14-8-15(24-3)20-9-19-14/h5-9H,4H2,1-3H3,(H,19,20,21). The molecule has 1 N–H and O–H groups in total. The summed E-state index contributed by atoms with van der Waals surface area (Å²) >= 11 is 6.33. The Morgan fingerprint density at radius 3 is 2.84 bits per heavy atom. The van der Waals surface area contributed by atoms with Gasteiger partial charge in [-0.3, -0.25) is 0 Å². The van der Waals surface area contributed by atoms with Crippen LogP contribution >= 0.6 is 11.6 Å². The van der Waals surface area contributed by atoms with Crippen LogP contribution in [0.3, 0.4) is 0 Å². The van der Waals surface area contributed by atoms with Gasteiger partial charge in [0.2, 0.25) is 5.88 Å². The first-order valence-corrected chi connectivity index (χ1v) is 8.01. The van der Waals surface area contributed by atoms with Crippen molar-refractivity contribution in [3.8, 4) is 5.88 Å². The average Bonchev–Trinajstić information content (AvgIpc) is 2.96. The molecule has 0 spiro atoms. The predicted molar refractivity (Wildman–Crippen MR) is 95.8 cm³/mol. The summed E-state index contributed by atoms with van der Waals surface area (Å²) in [5.41, 5.74) is 1.91. The van der Waals surface area contributed by atoms with E-state index in [1.807, 2.05) is 6.07 Å². The molecule has 3 rings (SSSR count). The number of halogens is 1. The minimum absolute atomic E-state index is 0.305. The van der Waals surface area contributed by atoms with E-state index in [0.717, 1.165) is 16.6 Å². The summed E-state index contributed by atoms with van der Waals surface area (Å²) < 4.78 is 11.9. The number of carbonyl (C=O) groups is 1. The van der Waals surface area contributed by atoms with Crippen LogP contribution in [0.2, 0.25) is 5.02 Å². The number of methoxy groups -OCH3 is 1. The van der Waals surface area contributed by atoms with E-state index in [4.69, 9.17) is 21.1 Å². The number of rotatable bonds is 5. The molecule has 0 amide bonds. The molecule has 1 aromatic carbocycles. The van der Waals surface area contributed by atoms with Crippen LogP contribution in [0.15, 0.2) is 30.6 Å². The van der Waals surface area contributed by atoms with Gasteiger partial charge in [-0.2, -0.15) is 0 Å². The maximum Gasteiger partial charge on any atom is 0.354 e. The van der Waals surface area contributed by atoms with Crippen LogP contribution in [0.5, 0.6) is 5.88 Å². The Bertz CT molecular complexity index is 939. The third-order valence-electron chi connectivity index (χ3n) is 3.74. The van der Waals surface area contributed by atoms with Crippen molar-refractivity contribution < 1.29 is 14.3 Å². The molecular formula is C17H17ClN4O3. The fraction of sp³-hybridized carbons (Fsp3) is 0.235. The zero-order valence-electron chi connectivity index (χ0n) is 14.0. The van der Waals surface area contributed by atoms with Crippen LogP contribution in [0.4, 0.5) is 11.5 Å². The van der Waals surface area contributed by atoms with Crippen LogP contribution in [0.25, 0.3) is 10.9 Å². The summed E-state index contributed by atoms with van der Waals surface area (Å²) in [5, 5.41) is 4.53. The number of ether oxygens (including phenoxy) is 2. The summed E-state index contributed by atoms with van der Waals surface area (Å²) in [6.07, 6.45) is 1.41. The quantitative estimate of drug-likeness (QED) is 0.701. The molecule has 0 bridgehead atoms. The SMILES string of the molecule is CCOC(=O)c1cc2c(Nc3cc(OC)ncn3)ccc(Cl)c2n1C. The second-order valence-corrected chi connectivity index (χ2v) is 5.64. The van der Waals surface area contributed by atoms with Gasteiger partial charge in [0.1, 0.15) is 17.8 Å². The van der Waals surface area contributed by atoms with E-state index in [1.54, 1.807) is 36.7 Å². The van der Waals surface area contributed by atoms with Gasteiger partial charge in [0.25, 0.3) is 0 Å². The molecule has 8 heteroatoms. The first-order chi connectivity index (χ1) is 12.0. The van der Waals surface area contributed by atoms with Crippen LogP contribution in [-0.2, 0) is 11.8 Å². The molecular weight excluding hydrogens is 344 g/mol. The first-order valence-electron chi connectivity index (χ1n) is 7.63. The van der Waals surface area contributed by atoms with E-state index in [2.05, 4.69) is 15.3 Å². The molecule has 0 fully saturated rings. The largest absolute Gasteiger partial charge is 0.481 e. The van der Waals surface area contributed by atoms with E-state index >= 15 is 0 Å². The van der Waals surface area contributed by atoms with Crippen molar-refractivity contribution in [1.29, 1.82) is 0 Å². The molecule has 0 saturated carbocycles. The summed E-state index contributed by atoms with van der Waals surface area (Å²) in [7, 11) is 3.31. The highest BCUT2D eigenvalue weighted by Crippen LogP contribution is 2.34. The Balaban J connectivity index is 2.08. The number of aromatic nitrogens is 3. The molecule has 2 heterocycles. The number of esters is 1. The minimum Gasteiger partial charge on any atom is -0.481 e. The number of hydrogen-bond donors (Lipinski definition) is 1. The Morgan fingerprint density at radius 1 is 1.32 bits per heavy atom. The highest BCUT2D eigenvalue weighted by Gasteiger charge is 2.18. The lowest BCUT2D eigenvalue weighted by Gasteiger charge is -2.09. The highest BCUT2D eigenvalue weighted by molar-refractivity contribution is 6.36. The molecule has 0 aliphatic rings. The fourth-order valence-electron chi connectivity index (χ4n) is 2.59. The van der Waals surface area contributed by atoms with Crippen molar-refractivity contribution in [3.05, 3.63) is 41.3 Å². The monoisotopic (exact) mass is 360 g/mol. The van der Waals surface area contributed by atoms with Gasteiger partial charge in [-0.05, 0) is 25.1 Å². The third kappa shape index (κ3) is 3.23. The second-order valence-electron chi connectivity index (χ2n) is 5.24. The molecule has 25 heavy (non-hydrogen) atoms. The summed E-state index contributed by atoms with van der Waals surface area (Å²) in [5.74, 6) is 0.618. The lowest BCUT2D eigenvalue weighted by Crippen LogP contribution is -2.09. The number of benzene rings is 1. The Hall–Kier alpha value is -2.80. The summed E-state index contributed by atoms with van der Waals surface area (Å²) in [6.45, 7) is 2.07. The van der Waals surface area contributed by atoms with E-state index in [-0.39, 0.29) is 0 Å². The van der Waals surface area contributed by atoms with Gasteiger partial charge in [0, 0.05) is 24.2 Å². The van der Waals surface area contributed by atoms with Crippen LogP contribution < -0.4 is 10.1 Å². The number of hydrogen-bond acceptors (Lipinski definition) is 6. The number of aryl methyl sites for hydroxylation is 1. The molecule has 0 aliphatic heterocycles. The normalized spacial score (nSPS) is 10.7. The number of anilines is 2. The van der Waals surface area contributed by atoms with Crippen LogP contribution in [0, 0.1) is 0 Å². The Morgan fingerprint density at radius 2 is 2.12 bits per heavy atom. The van der Waals surface area contributed by atoms with Gasteiger partial charge in [0.15, 0.2) is 0 Å². The first kappa shape index (κ1) is 17.0. The van der Waals surface area contributed by atoms with Gasteiger partial charge in [-0.25, -0.2) is 14.8 Å². The van der Waals surface area contributed by atoms with Crippen LogP contribution in [0.1, 0.15) is 17.4 Å². The molecule has 7 nitrogen and oxygen atoms in total. The van der Waals surface area contributed by atoms with E-state index < -0.39 is 5.97 Å². The second kappa shape index (κ2) is 6.98. The van der Waals surface area contributed by atoms with Crippen LogP contribution in [-0.4, -0.2) is 34.2 Å². The van der Waals surface area contributed by atoms with Crippen molar-refractivity contribution in [1.82, 2.24) is 14.5 Å². The molecule has 130 valence electrons. The minimum atomic E-state index is -0.396. The van der Waals surface area contributed by atoms with Crippen molar-refractivity contribution in [2.45, 2.75) is 6.92 Å². The zero-order valence-corrected chi connectivity index (χ0v) is 14.8. The average molecular weight is 361 g/mol. The maximum atomic E-state index is 12.2. The molecule has 0 radical (unpaired) electrons. The lowest BCUT2D eigenvalue weighted by molar-refractivity contribution is 0.0516. The number of carbonyl (C=O) groups excluding carboxylic acids is 1. The van der Waals surface area contributed by atoms with Crippen molar-refractivity contribution >= 4 is 40.0 Å². The van der Waals surface area contributed by atoms with E-state index in [1.165, 1.54) is 13.4 Å². The number of nitrogens with zero attached hydrogens (tertiary/aromatic N) is 3. The fourth-order valence-corrected chi connectivity index (χ4v) is 2.88. The maximum absolute atomic E-state index is 12.2. The topological polar surface area (TPSA) is 78.3 Å². The number of nitrogens with one attached hydrogen (secondary N) is 1. The molecule has 0 aliphatic carbocycles.